The van der Waals surface area contributed by atoms with E-state index in [9.17, 15) is 27.6 Å². The maximum Gasteiger partial charge on any atom is 0.408 e. The van der Waals surface area contributed by atoms with Gasteiger partial charge in [0.1, 0.15) is 24.2 Å². The molecule has 0 saturated heterocycles. The van der Waals surface area contributed by atoms with Crippen LogP contribution < -0.4 is 21.1 Å². The van der Waals surface area contributed by atoms with Crippen LogP contribution in [0.15, 0.2) is 34.2 Å². The number of benzene rings is 1. The van der Waals surface area contributed by atoms with Crippen LogP contribution in [0.5, 0.6) is 0 Å². The van der Waals surface area contributed by atoms with Crippen molar-refractivity contribution in [2.75, 3.05) is 20.1 Å². The van der Waals surface area contributed by atoms with Gasteiger partial charge in [-0.25, -0.2) is 17.9 Å². The van der Waals surface area contributed by atoms with Gasteiger partial charge in [-0.2, -0.15) is 0 Å². The number of nitrogens with zero attached hydrogens (tertiary/aromatic N) is 2. The Morgan fingerprint density at radius 1 is 1.12 bits per heavy atom. The van der Waals surface area contributed by atoms with Gasteiger partial charge in [0.15, 0.2) is 0 Å². The summed E-state index contributed by atoms with van der Waals surface area (Å²) in [4.78, 5) is 54.7. The Hall–Kier alpha value is -3.88. The van der Waals surface area contributed by atoms with Crippen LogP contribution in [0.25, 0.3) is 0 Å². The number of carbonyl (C=O) groups is 4. The van der Waals surface area contributed by atoms with Crippen molar-refractivity contribution >= 4 is 39.9 Å². The average Bonchev–Trinajstić information content (AvgIpc) is 2.83. The van der Waals surface area contributed by atoms with Crippen molar-refractivity contribution in [2.45, 2.75) is 77.0 Å². The number of rotatable bonds is 13. The SMILES string of the molecule is Cc1ccc(S(=O)(=O)NC(N)=NCCC[C@@H](C(=O)NCC(=O)O)N(C)C(=O)[C@H](NC(=O)OC(C)(C)C)C(C)C)cc1. The number of carbonyl (C=O) groups excluding carboxylic acids is 3. The highest BCUT2D eigenvalue weighted by Gasteiger charge is 2.34. The zero-order chi connectivity index (χ0) is 31.5. The lowest BCUT2D eigenvalue weighted by molar-refractivity contribution is -0.143. The number of hydrogen-bond acceptors (Lipinski definition) is 8. The Morgan fingerprint density at radius 3 is 2.22 bits per heavy atom. The highest BCUT2D eigenvalue weighted by atomic mass is 32.2. The first kappa shape index (κ1) is 35.1. The topological polar surface area (TPSA) is 210 Å². The predicted molar refractivity (Wildman–Crippen MR) is 152 cm³/mol. The number of nitrogens with two attached hydrogens (primary N) is 1. The van der Waals surface area contributed by atoms with E-state index in [-0.39, 0.29) is 36.2 Å². The van der Waals surface area contributed by atoms with Gasteiger partial charge in [0, 0.05) is 13.6 Å². The van der Waals surface area contributed by atoms with E-state index < -0.39 is 58.1 Å². The number of guanidine groups is 1. The zero-order valence-corrected chi connectivity index (χ0v) is 25.4. The van der Waals surface area contributed by atoms with Gasteiger partial charge >= 0.3 is 12.1 Å². The summed E-state index contributed by atoms with van der Waals surface area (Å²) in [6, 6.07) is 3.99. The summed E-state index contributed by atoms with van der Waals surface area (Å²) in [5.74, 6) is -3.30. The first-order chi connectivity index (χ1) is 18.8. The van der Waals surface area contributed by atoms with Crippen LogP contribution in [-0.4, -0.2) is 86.1 Å². The van der Waals surface area contributed by atoms with E-state index in [1.165, 1.54) is 19.2 Å². The molecule has 0 aliphatic rings. The minimum absolute atomic E-state index is 0.00321. The van der Waals surface area contributed by atoms with Gasteiger partial charge in [0.2, 0.25) is 17.8 Å². The highest BCUT2D eigenvalue weighted by molar-refractivity contribution is 7.90. The Balaban J connectivity index is 2.98. The summed E-state index contributed by atoms with van der Waals surface area (Å²) in [5, 5.41) is 13.8. The molecule has 0 aliphatic heterocycles. The van der Waals surface area contributed by atoms with Crippen LogP contribution >= 0.6 is 0 Å². The Labute approximate surface area is 241 Å². The molecular formula is C26H42N6O8S. The molecule has 1 aromatic rings. The van der Waals surface area contributed by atoms with Gasteiger partial charge in [-0.1, -0.05) is 31.5 Å². The molecule has 15 heteroatoms. The number of amides is 3. The molecule has 0 aliphatic carbocycles. The van der Waals surface area contributed by atoms with E-state index in [0.717, 1.165) is 10.5 Å². The zero-order valence-electron chi connectivity index (χ0n) is 24.6. The van der Waals surface area contributed by atoms with Crippen LogP contribution in [0.4, 0.5) is 4.79 Å². The molecule has 0 saturated carbocycles. The predicted octanol–water partition coefficient (Wildman–Crippen LogP) is 0.945. The smallest absolute Gasteiger partial charge is 0.408 e. The Kier molecular flexibility index (Phi) is 13.0. The fourth-order valence-corrected chi connectivity index (χ4v) is 4.48. The van der Waals surface area contributed by atoms with Crippen LogP contribution in [0, 0.1) is 12.8 Å². The molecule has 0 heterocycles. The summed E-state index contributed by atoms with van der Waals surface area (Å²) in [7, 11) is -2.58. The van der Waals surface area contributed by atoms with Gasteiger partial charge in [-0.3, -0.25) is 19.4 Å². The maximum atomic E-state index is 13.4. The average molecular weight is 599 g/mol. The van der Waals surface area contributed by atoms with Crippen molar-refractivity contribution in [3.8, 4) is 0 Å². The Bertz CT molecular complexity index is 1210. The van der Waals surface area contributed by atoms with Crippen molar-refractivity contribution in [3.05, 3.63) is 29.8 Å². The summed E-state index contributed by atoms with van der Waals surface area (Å²) in [5.41, 5.74) is 5.84. The van der Waals surface area contributed by atoms with Gasteiger partial charge in [-0.15, -0.1) is 0 Å². The number of alkyl carbamates (subject to hydrolysis) is 1. The molecule has 6 N–H and O–H groups in total. The second kappa shape index (κ2) is 15.2. The minimum Gasteiger partial charge on any atom is -0.480 e. The van der Waals surface area contributed by atoms with Crippen molar-refractivity contribution in [3.63, 3.8) is 0 Å². The van der Waals surface area contributed by atoms with Crippen LogP contribution in [0.1, 0.15) is 53.0 Å². The summed E-state index contributed by atoms with van der Waals surface area (Å²) in [6.07, 6.45) is -0.587. The minimum atomic E-state index is -3.95. The van der Waals surface area contributed by atoms with Crippen molar-refractivity contribution in [1.82, 2.24) is 20.3 Å². The van der Waals surface area contributed by atoms with Gasteiger partial charge in [0.05, 0.1) is 4.90 Å². The first-order valence-electron chi connectivity index (χ1n) is 13.0. The fraction of sp³-hybridized carbons (Fsp3) is 0.577. The number of carboxylic acids is 1. The number of aliphatic carboxylic acids is 1. The standard InChI is InChI=1S/C26H42N6O8S/c1-16(2)21(30-25(37)40-26(4,5)6)23(36)32(7)19(22(35)29-15-20(33)34)9-8-14-28-24(27)31-41(38,39)18-12-10-17(3)11-13-18/h10-13,16,19,21H,8-9,14-15H2,1-7H3,(H,29,35)(H,30,37)(H,33,34)(H3,27,28,31)/t19-,21+/m0/s1. The largest absolute Gasteiger partial charge is 0.480 e. The Morgan fingerprint density at radius 2 is 1.71 bits per heavy atom. The van der Waals surface area contributed by atoms with E-state index in [4.69, 9.17) is 15.6 Å². The van der Waals surface area contributed by atoms with E-state index in [1.54, 1.807) is 46.8 Å². The molecule has 0 radical (unpaired) electrons. The number of aryl methyl sites for hydroxylation is 1. The third kappa shape index (κ3) is 12.4. The third-order valence-electron chi connectivity index (χ3n) is 5.62. The lowest BCUT2D eigenvalue weighted by atomic mass is 10.0. The van der Waals surface area contributed by atoms with E-state index in [1.807, 2.05) is 6.92 Å². The second-order valence-corrected chi connectivity index (χ2v) is 12.5. The quantitative estimate of drug-likeness (QED) is 0.124. The maximum absolute atomic E-state index is 13.4. The number of nitrogens with one attached hydrogen (secondary N) is 3. The van der Waals surface area contributed by atoms with E-state index >= 15 is 0 Å². The number of hydrogen-bond donors (Lipinski definition) is 5. The van der Waals surface area contributed by atoms with Crippen molar-refractivity contribution < 1.29 is 37.4 Å². The molecule has 0 fully saturated rings. The molecule has 2 atom stereocenters. The molecule has 1 rings (SSSR count). The molecule has 14 nitrogen and oxygen atoms in total. The summed E-state index contributed by atoms with van der Waals surface area (Å²) < 4.78 is 32.4. The van der Waals surface area contributed by atoms with Crippen molar-refractivity contribution in [2.24, 2.45) is 16.6 Å². The lowest BCUT2D eigenvalue weighted by Gasteiger charge is -2.32. The molecule has 0 unspecified atom stereocenters. The van der Waals surface area contributed by atoms with Crippen LogP contribution in [0.3, 0.4) is 0 Å². The highest BCUT2D eigenvalue weighted by Crippen LogP contribution is 2.14. The lowest BCUT2D eigenvalue weighted by Crippen LogP contribution is -2.56. The molecule has 230 valence electrons. The van der Waals surface area contributed by atoms with E-state index in [2.05, 4.69) is 20.3 Å². The van der Waals surface area contributed by atoms with Gasteiger partial charge < -0.3 is 31.1 Å². The summed E-state index contributed by atoms with van der Waals surface area (Å²) >= 11 is 0. The molecule has 0 spiro atoms. The molecule has 3 amide bonds. The summed E-state index contributed by atoms with van der Waals surface area (Å²) in [6.45, 7) is 9.61. The van der Waals surface area contributed by atoms with E-state index in [0.29, 0.717) is 0 Å². The number of likely N-dealkylation sites (N-methyl/N-ethyl adjacent to an activating group) is 1. The first-order valence-corrected chi connectivity index (χ1v) is 14.5. The third-order valence-corrected chi connectivity index (χ3v) is 7.00. The number of carboxylic acid groups (broad SMARTS) is 1. The second-order valence-electron chi connectivity index (χ2n) is 10.8. The fourth-order valence-electron chi connectivity index (χ4n) is 3.53. The monoisotopic (exact) mass is 598 g/mol. The van der Waals surface area contributed by atoms with Gasteiger partial charge in [-0.05, 0) is 58.6 Å². The molecule has 0 bridgehead atoms. The van der Waals surface area contributed by atoms with Crippen LogP contribution in [-0.2, 0) is 29.1 Å². The number of ether oxygens (including phenoxy) is 1. The number of sulfonamides is 1. The molecular weight excluding hydrogens is 556 g/mol. The normalized spacial score (nSPS) is 13.6. The van der Waals surface area contributed by atoms with Crippen molar-refractivity contribution in [1.29, 1.82) is 0 Å². The molecule has 1 aromatic carbocycles. The van der Waals surface area contributed by atoms with Gasteiger partial charge in [0.25, 0.3) is 10.0 Å². The molecule has 41 heavy (non-hydrogen) atoms. The molecule has 0 aromatic heterocycles. The van der Waals surface area contributed by atoms with Crippen LogP contribution in [0.2, 0.25) is 0 Å². The number of aliphatic imine (C=N–C) groups is 1.